The summed E-state index contributed by atoms with van der Waals surface area (Å²) in [5.41, 5.74) is 1.00. The first kappa shape index (κ1) is 28.6. The Kier molecular flexibility index (Phi) is 13.7. The van der Waals surface area contributed by atoms with Crippen LogP contribution in [0.5, 0.6) is 0 Å². The van der Waals surface area contributed by atoms with E-state index in [1.807, 2.05) is 0 Å². The molecule has 0 radical (unpaired) electrons. The van der Waals surface area contributed by atoms with Crippen LogP contribution in [-0.2, 0) is 28.5 Å². The van der Waals surface area contributed by atoms with Crippen LogP contribution in [0.25, 0.3) is 0 Å². The van der Waals surface area contributed by atoms with E-state index >= 15 is 0 Å². The van der Waals surface area contributed by atoms with Gasteiger partial charge >= 0.3 is 23.9 Å². The third-order valence-electron chi connectivity index (χ3n) is 4.57. The van der Waals surface area contributed by atoms with Crippen molar-refractivity contribution in [1.82, 2.24) is 0 Å². The molecule has 0 amide bonds. The van der Waals surface area contributed by atoms with E-state index in [0.717, 1.165) is 0 Å². The molecule has 34 heavy (non-hydrogen) atoms. The summed E-state index contributed by atoms with van der Waals surface area (Å²) in [6.07, 6.45) is 3.93. The van der Waals surface area contributed by atoms with Crippen molar-refractivity contribution in [3.05, 3.63) is 59.7 Å². The SMILES string of the molecule is C=C(C)C(=O)OCCCCCOC(=O)c1ccccc1C(=O)OCCCCCOC(=O)C(=C)C. The van der Waals surface area contributed by atoms with Crippen LogP contribution in [0.1, 0.15) is 73.1 Å². The molecule has 0 spiro atoms. The summed E-state index contributed by atoms with van der Waals surface area (Å²) in [6, 6.07) is 6.34. The highest BCUT2D eigenvalue weighted by molar-refractivity contribution is 6.03. The van der Waals surface area contributed by atoms with E-state index in [0.29, 0.717) is 49.7 Å². The number of rotatable bonds is 16. The molecule has 1 rings (SSSR count). The predicted octanol–water partition coefficient (Wildman–Crippen LogP) is 4.58. The van der Waals surface area contributed by atoms with Crippen LogP contribution >= 0.6 is 0 Å². The maximum Gasteiger partial charge on any atom is 0.339 e. The van der Waals surface area contributed by atoms with Crippen LogP contribution in [-0.4, -0.2) is 50.3 Å². The predicted molar refractivity (Wildman–Crippen MR) is 126 cm³/mol. The number of carbonyl (C=O) groups is 4. The first-order valence-corrected chi connectivity index (χ1v) is 11.3. The van der Waals surface area contributed by atoms with Crippen LogP contribution < -0.4 is 0 Å². The molecule has 0 aromatic heterocycles. The number of carbonyl (C=O) groups excluding carboxylic acids is 4. The summed E-state index contributed by atoms with van der Waals surface area (Å²) in [7, 11) is 0. The zero-order valence-electron chi connectivity index (χ0n) is 20.1. The normalized spacial score (nSPS) is 10.2. The lowest BCUT2D eigenvalue weighted by molar-refractivity contribution is -0.139. The van der Waals surface area contributed by atoms with E-state index < -0.39 is 23.9 Å². The Hall–Kier alpha value is -3.42. The summed E-state index contributed by atoms with van der Waals surface area (Å²) in [5.74, 6) is -2.03. The molecule has 0 fully saturated rings. The summed E-state index contributed by atoms with van der Waals surface area (Å²) in [6.45, 7) is 11.1. The number of esters is 4. The zero-order chi connectivity index (χ0) is 25.3. The highest BCUT2D eigenvalue weighted by Crippen LogP contribution is 2.13. The molecule has 0 saturated heterocycles. The summed E-state index contributed by atoms with van der Waals surface area (Å²) < 4.78 is 20.5. The Morgan fingerprint density at radius 3 is 1.24 bits per heavy atom. The topological polar surface area (TPSA) is 105 Å². The molecule has 8 heteroatoms. The van der Waals surface area contributed by atoms with E-state index in [1.165, 1.54) is 12.1 Å². The van der Waals surface area contributed by atoms with Crippen molar-refractivity contribution in [3.8, 4) is 0 Å². The van der Waals surface area contributed by atoms with Gasteiger partial charge in [-0.1, -0.05) is 25.3 Å². The van der Waals surface area contributed by atoms with E-state index in [1.54, 1.807) is 26.0 Å². The average molecular weight is 475 g/mol. The lowest BCUT2D eigenvalue weighted by Crippen LogP contribution is -2.15. The van der Waals surface area contributed by atoms with Crippen LogP contribution in [0.4, 0.5) is 0 Å². The first-order valence-electron chi connectivity index (χ1n) is 11.3. The minimum atomic E-state index is -0.597. The molecule has 0 unspecified atom stereocenters. The molecule has 0 aliphatic carbocycles. The van der Waals surface area contributed by atoms with Crippen molar-refractivity contribution in [2.75, 3.05) is 26.4 Å². The third kappa shape index (κ3) is 11.4. The van der Waals surface area contributed by atoms with Gasteiger partial charge in [0.2, 0.25) is 0 Å². The van der Waals surface area contributed by atoms with Crippen LogP contribution in [0.3, 0.4) is 0 Å². The van der Waals surface area contributed by atoms with Gasteiger partial charge in [0.05, 0.1) is 37.6 Å². The van der Waals surface area contributed by atoms with Gasteiger partial charge in [0.25, 0.3) is 0 Å². The maximum atomic E-state index is 12.4. The van der Waals surface area contributed by atoms with Crippen molar-refractivity contribution in [1.29, 1.82) is 0 Å². The standard InChI is InChI=1S/C26H34O8/c1-19(2)23(27)31-15-9-5-11-17-33-25(29)21-13-7-8-14-22(21)26(30)34-18-12-6-10-16-32-24(28)20(3)4/h7-8,13-14H,1,3,5-6,9-12,15-18H2,2,4H3. The molecule has 0 aliphatic heterocycles. The lowest BCUT2D eigenvalue weighted by atomic mass is 10.1. The second kappa shape index (κ2) is 16.2. The number of unbranched alkanes of at least 4 members (excludes halogenated alkanes) is 4. The quantitative estimate of drug-likeness (QED) is 0.148. The Morgan fingerprint density at radius 1 is 0.588 bits per heavy atom. The van der Waals surface area contributed by atoms with Gasteiger partial charge in [0.1, 0.15) is 0 Å². The Morgan fingerprint density at radius 2 is 0.912 bits per heavy atom. The van der Waals surface area contributed by atoms with E-state index in [9.17, 15) is 19.2 Å². The second-order valence-corrected chi connectivity index (χ2v) is 7.77. The summed E-state index contributed by atoms with van der Waals surface area (Å²) in [5, 5.41) is 0. The monoisotopic (exact) mass is 474 g/mol. The minimum Gasteiger partial charge on any atom is -0.462 e. The largest absolute Gasteiger partial charge is 0.462 e. The van der Waals surface area contributed by atoms with Gasteiger partial charge < -0.3 is 18.9 Å². The van der Waals surface area contributed by atoms with Gasteiger partial charge in [-0.3, -0.25) is 0 Å². The number of ether oxygens (including phenoxy) is 4. The van der Waals surface area contributed by atoms with Crippen molar-refractivity contribution in [3.63, 3.8) is 0 Å². The van der Waals surface area contributed by atoms with Gasteiger partial charge in [0, 0.05) is 11.1 Å². The summed E-state index contributed by atoms with van der Waals surface area (Å²) in [4.78, 5) is 47.4. The number of hydrogen-bond donors (Lipinski definition) is 0. The molecule has 0 bridgehead atoms. The Bertz CT molecular complexity index is 800. The highest BCUT2D eigenvalue weighted by Gasteiger charge is 2.18. The van der Waals surface area contributed by atoms with Gasteiger partial charge in [-0.2, -0.15) is 0 Å². The van der Waals surface area contributed by atoms with Crippen molar-refractivity contribution < 1.29 is 38.1 Å². The van der Waals surface area contributed by atoms with E-state index in [2.05, 4.69) is 13.2 Å². The fourth-order valence-corrected chi connectivity index (χ4v) is 2.66. The molecule has 0 N–H and O–H groups in total. The van der Waals surface area contributed by atoms with Crippen molar-refractivity contribution >= 4 is 23.9 Å². The molecular weight excluding hydrogens is 440 g/mol. The molecule has 0 atom stereocenters. The average Bonchev–Trinajstić information content (AvgIpc) is 2.81. The fourth-order valence-electron chi connectivity index (χ4n) is 2.66. The molecule has 1 aromatic carbocycles. The molecule has 0 aliphatic rings. The Balaban J connectivity index is 2.31. The third-order valence-corrected chi connectivity index (χ3v) is 4.57. The van der Waals surface area contributed by atoms with Crippen molar-refractivity contribution in [2.45, 2.75) is 52.4 Å². The van der Waals surface area contributed by atoms with Crippen molar-refractivity contribution in [2.24, 2.45) is 0 Å². The second-order valence-electron chi connectivity index (χ2n) is 7.77. The molecular formula is C26H34O8. The molecule has 0 heterocycles. The van der Waals surface area contributed by atoms with Crippen LogP contribution in [0.15, 0.2) is 48.6 Å². The first-order chi connectivity index (χ1) is 16.2. The van der Waals surface area contributed by atoms with Crippen LogP contribution in [0.2, 0.25) is 0 Å². The van der Waals surface area contributed by atoms with Gasteiger partial charge in [-0.05, 0) is 64.5 Å². The van der Waals surface area contributed by atoms with Gasteiger partial charge in [0.15, 0.2) is 0 Å². The Labute approximate surface area is 200 Å². The lowest BCUT2D eigenvalue weighted by Gasteiger charge is -2.10. The fraction of sp³-hybridized carbons (Fsp3) is 0.462. The number of hydrogen-bond acceptors (Lipinski definition) is 8. The van der Waals surface area contributed by atoms with E-state index in [-0.39, 0.29) is 37.6 Å². The van der Waals surface area contributed by atoms with Crippen LogP contribution in [0, 0.1) is 0 Å². The molecule has 186 valence electrons. The number of benzene rings is 1. The highest BCUT2D eigenvalue weighted by atomic mass is 16.5. The molecule has 0 saturated carbocycles. The van der Waals surface area contributed by atoms with Gasteiger partial charge in [-0.25, -0.2) is 19.2 Å². The molecule has 1 aromatic rings. The summed E-state index contributed by atoms with van der Waals surface area (Å²) >= 11 is 0. The minimum absolute atomic E-state index is 0.148. The van der Waals surface area contributed by atoms with Gasteiger partial charge in [-0.15, -0.1) is 0 Å². The zero-order valence-corrected chi connectivity index (χ0v) is 20.1. The maximum absolute atomic E-state index is 12.4. The smallest absolute Gasteiger partial charge is 0.339 e. The molecule has 8 nitrogen and oxygen atoms in total. The van der Waals surface area contributed by atoms with E-state index in [4.69, 9.17) is 18.9 Å².